The van der Waals surface area contributed by atoms with Crippen LogP contribution in [0.5, 0.6) is 0 Å². The quantitative estimate of drug-likeness (QED) is 0.748. The van der Waals surface area contributed by atoms with E-state index in [1.165, 1.54) is 16.2 Å². The second-order valence-electron chi connectivity index (χ2n) is 4.42. The van der Waals surface area contributed by atoms with Gasteiger partial charge in [-0.05, 0) is 18.6 Å². The Kier molecular flexibility index (Phi) is 5.14. The zero-order valence-electron chi connectivity index (χ0n) is 11.3. The first-order valence-electron chi connectivity index (χ1n) is 6.46. The molecule has 1 aliphatic rings. The second kappa shape index (κ2) is 6.66. The van der Waals surface area contributed by atoms with E-state index in [4.69, 9.17) is 4.74 Å². The van der Waals surface area contributed by atoms with E-state index in [2.05, 4.69) is 10.0 Å². The van der Waals surface area contributed by atoms with E-state index in [9.17, 15) is 13.2 Å². The number of fused-ring (bicyclic) bond motifs is 1. The molecule has 0 spiro atoms. The van der Waals surface area contributed by atoms with E-state index < -0.39 is 10.0 Å². The molecule has 112 valence electrons. The number of rotatable bonds is 6. The molecule has 0 atom stereocenters. The van der Waals surface area contributed by atoms with Crippen LogP contribution < -0.4 is 10.0 Å². The maximum atomic E-state index is 11.9. The molecule has 0 aromatic carbocycles. The molecule has 2 heterocycles. The Labute approximate surface area is 122 Å². The zero-order chi connectivity index (χ0) is 14.6. The molecule has 1 amide bonds. The van der Waals surface area contributed by atoms with Gasteiger partial charge in [0, 0.05) is 24.4 Å². The minimum absolute atomic E-state index is 0.0403. The number of carbonyl (C=O) groups is 1. The molecule has 6 nitrogen and oxygen atoms in total. The van der Waals surface area contributed by atoms with Crippen LogP contribution in [0.3, 0.4) is 0 Å². The van der Waals surface area contributed by atoms with E-state index >= 15 is 0 Å². The van der Waals surface area contributed by atoms with Gasteiger partial charge in [-0.1, -0.05) is 0 Å². The minimum atomic E-state index is -3.20. The van der Waals surface area contributed by atoms with Gasteiger partial charge in [0.15, 0.2) is 0 Å². The van der Waals surface area contributed by atoms with Crippen molar-refractivity contribution in [3.8, 4) is 0 Å². The summed E-state index contributed by atoms with van der Waals surface area (Å²) in [7, 11) is -3.20. The standard InChI is InChI=1S/C12H18N2O4S2/c1-2-20(16,17)14-5-4-13-12(15)11-7-9-8-18-6-3-10(9)19-11/h7,14H,2-6,8H2,1H3,(H,13,15). The van der Waals surface area contributed by atoms with E-state index in [0.717, 1.165) is 12.0 Å². The Bertz CT molecular complexity index is 557. The Hall–Kier alpha value is -0.960. The number of nitrogens with one attached hydrogen (secondary N) is 2. The van der Waals surface area contributed by atoms with E-state index in [-0.39, 0.29) is 24.7 Å². The summed E-state index contributed by atoms with van der Waals surface area (Å²) in [6.07, 6.45) is 0.851. The van der Waals surface area contributed by atoms with Crippen LogP contribution in [0.15, 0.2) is 6.07 Å². The van der Waals surface area contributed by atoms with Gasteiger partial charge in [0.25, 0.3) is 5.91 Å². The fourth-order valence-corrected chi connectivity index (χ4v) is 3.51. The van der Waals surface area contributed by atoms with Crippen LogP contribution in [0.2, 0.25) is 0 Å². The average molecular weight is 318 g/mol. The summed E-state index contributed by atoms with van der Waals surface area (Å²) >= 11 is 1.48. The molecule has 0 saturated carbocycles. The largest absolute Gasteiger partial charge is 0.376 e. The van der Waals surface area contributed by atoms with Crippen LogP contribution in [0.4, 0.5) is 0 Å². The van der Waals surface area contributed by atoms with Crippen LogP contribution in [0.25, 0.3) is 0 Å². The molecule has 2 N–H and O–H groups in total. The lowest BCUT2D eigenvalue weighted by Crippen LogP contribution is -2.35. The highest BCUT2D eigenvalue weighted by Crippen LogP contribution is 2.26. The minimum Gasteiger partial charge on any atom is -0.376 e. The summed E-state index contributed by atoms with van der Waals surface area (Å²) in [4.78, 5) is 13.8. The van der Waals surface area contributed by atoms with Crippen molar-refractivity contribution in [3.63, 3.8) is 0 Å². The number of hydrogen-bond donors (Lipinski definition) is 2. The number of carbonyl (C=O) groups excluding carboxylic acids is 1. The smallest absolute Gasteiger partial charge is 0.261 e. The van der Waals surface area contributed by atoms with Crippen LogP contribution in [-0.2, 0) is 27.8 Å². The first kappa shape index (κ1) is 15.4. The fraction of sp³-hybridized carbons (Fsp3) is 0.583. The molecule has 0 unspecified atom stereocenters. The normalized spacial score (nSPS) is 14.8. The molecule has 0 saturated heterocycles. The van der Waals surface area contributed by atoms with Crippen molar-refractivity contribution >= 4 is 27.3 Å². The third-order valence-electron chi connectivity index (χ3n) is 2.96. The number of sulfonamides is 1. The molecule has 1 aliphatic heterocycles. The molecule has 0 aliphatic carbocycles. The Morgan fingerprint density at radius 1 is 1.45 bits per heavy atom. The van der Waals surface area contributed by atoms with Crippen LogP contribution in [0, 0.1) is 0 Å². The Morgan fingerprint density at radius 2 is 2.25 bits per heavy atom. The van der Waals surface area contributed by atoms with Gasteiger partial charge >= 0.3 is 0 Å². The average Bonchev–Trinajstić information content (AvgIpc) is 2.87. The third kappa shape index (κ3) is 4.02. The molecule has 0 fully saturated rings. The van der Waals surface area contributed by atoms with E-state index in [0.29, 0.717) is 18.1 Å². The van der Waals surface area contributed by atoms with Gasteiger partial charge in [0.05, 0.1) is 23.8 Å². The fourth-order valence-electron chi connectivity index (χ4n) is 1.83. The zero-order valence-corrected chi connectivity index (χ0v) is 12.9. The number of hydrogen-bond acceptors (Lipinski definition) is 5. The highest BCUT2D eigenvalue weighted by Gasteiger charge is 2.17. The molecule has 8 heteroatoms. The maximum absolute atomic E-state index is 11.9. The van der Waals surface area contributed by atoms with Crippen molar-refractivity contribution in [2.24, 2.45) is 0 Å². The van der Waals surface area contributed by atoms with Gasteiger partial charge in [-0.3, -0.25) is 4.79 Å². The van der Waals surface area contributed by atoms with Crippen molar-refractivity contribution < 1.29 is 17.9 Å². The first-order valence-corrected chi connectivity index (χ1v) is 8.93. The highest BCUT2D eigenvalue weighted by molar-refractivity contribution is 7.89. The van der Waals surface area contributed by atoms with Gasteiger partial charge in [0.2, 0.25) is 10.0 Å². The molecule has 20 heavy (non-hydrogen) atoms. The molecule has 0 radical (unpaired) electrons. The van der Waals surface area contributed by atoms with Gasteiger partial charge < -0.3 is 10.1 Å². The molecule has 1 aromatic heterocycles. The molecule has 2 rings (SSSR count). The molecule has 0 bridgehead atoms. The van der Waals surface area contributed by atoms with E-state index in [1.54, 1.807) is 6.92 Å². The summed E-state index contributed by atoms with van der Waals surface area (Å²) in [5.74, 6) is -0.126. The van der Waals surface area contributed by atoms with Gasteiger partial charge in [-0.15, -0.1) is 11.3 Å². The first-order chi connectivity index (χ1) is 9.52. The Balaban J connectivity index is 1.82. The Morgan fingerprint density at radius 3 is 2.95 bits per heavy atom. The molecular formula is C12H18N2O4S2. The van der Waals surface area contributed by atoms with Crippen LogP contribution in [-0.4, -0.2) is 39.8 Å². The van der Waals surface area contributed by atoms with Gasteiger partial charge in [-0.25, -0.2) is 13.1 Å². The van der Waals surface area contributed by atoms with E-state index in [1.807, 2.05) is 6.07 Å². The lowest BCUT2D eigenvalue weighted by atomic mass is 10.2. The predicted molar refractivity (Wildman–Crippen MR) is 77.5 cm³/mol. The summed E-state index contributed by atoms with van der Waals surface area (Å²) in [5, 5.41) is 2.71. The molecule has 1 aromatic rings. The SMILES string of the molecule is CCS(=O)(=O)NCCNC(=O)c1cc2c(s1)CCOC2. The van der Waals surface area contributed by atoms with Crippen molar-refractivity contribution in [3.05, 3.63) is 21.4 Å². The summed E-state index contributed by atoms with van der Waals surface area (Å²) in [5.41, 5.74) is 1.08. The second-order valence-corrected chi connectivity index (χ2v) is 7.65. The van der Waals surface area contributed by atoms with Gasteiger partial charge in [0.1, 0.15) is 0 Å². The number of amides is 1. The van der Waals surface area contributed by atoms with Crippen molar-refractivity contribution in [2.75, 3.05) is 25.4 Å². The topological polar surface area (TPSA) is 84.5 Å². The predicted octanol–water partition coefficient (Wildman–Crippen LogP) is 0.490. The summed E-state index contributed by atoms with van der Waals surface area (Å²) in [6, 6.07) is 1.85. The third-order valence-corrected chi connectivity index (χ3v) is 5.60. The van der Waals surface area contributed by atoms with Gasteiger partial charge in [-0.2, -0.15) is 0 Å². The molecular weight excluding hydrogens is 300 g/mol. The number of thiophene rings is 1. The lowest BCUT2D eigenvalue weighted by Gasteiger charge is -2.10. The van der Waals surface area contributed by atoms with Crippen molar-refractivity contribution in [1.29, 1.82) is 0 Å². The lowest BCUT2D eigenvalue weighted by molar-refractivity contribution is 0.0958. The summed E-state index contributed by atoms with van der Waals surface area (Å²) < 4.78 is 30.2. The highest BCUT2D eigenvalue weighted by atomic mass is 32.2. The number of ether oxygens (including phenoxy) is 1. The van der Waals surface area contributed by atoms with Crippen LogP contribution >= 0.6 is 11.3 Å². The van der Waals surface area contributed by atoms with Crippen molar-refractivity contribution in [1.82, 2.24) is 10.0 Å². The van der Waals surface area contributed by atoms with Crippen molar-refractivity contribution in [2.45, 2.75) is 20.0 Å². The van der Waals surface area contributed by atoms with Crippen LogP contribution in [0.1, 0.15) is 27.0 Å². The monoisotopic (exact) mass is 318 g/mol. The summed E-state index contributed by atoms with van der Waals surface area (Å²) in [6.45, 7) is 3.31. The maximum Gasteiger partial charge on any atom is 0.261 e.